The maximum absolute atomic E-state index is 11.1. The number of hydrogen-bond acceptors (Lipinski definition) is 15. The number of rotatable bonds is 7. The van der Waals surface area contributed by atoms with Gasteiger partial charge < -0.3 is 74.4 Å². The summed E-state index contributed by atoms with van der Waals surface area (Å²) in [5.74, 6) is -0.534. The van der Waals surface area contributed by atoms with Crippen LogP contribution >= 0.6 is 0 Å². The SMILES string of the molecule is COC1CC(C2OC3CC(O)CC(O)C3CC2OC2OC(CO)C(O)C(O)C2OC2OC(C)C(O)C(O)C2O)CCC1O. The van der Waals surface area contributed by atoms with Crippen molar-refractivity contribution in [2.24, 2.45) is 11.8 Å². The van der Waals surface area contributed by atoms with Gasteiger partial charge in [0.1, 0.15) is 42.7 Å². The molecule has 19 unspecified atom stereocenters. The lowest BCUT2D eigenvalue weighted by molar-refractivity contribution is -0.377. The van der Waals surface area contributed by atoms with Crippen LogP contribution in [0.2, 0.25) is 0 Å². The summed E-state index contributed by atoms with van der Waals surface area (Å²) in [5.41, 5.74) is 0. The third-order valence-electron chi connectivity index (χ3n) is 9.99. The molecule has 0 spiro atoms. The van der Waals surface area contributed by atoms with Gasteiger partial charge in [0.25, 0.3) is 0 Å². The number of aliphatic hydroxyl groups excluding tert-OH is 9. The maximum atomic E-state index is 11.1. The van der Waals surface area contributed by atoms with Crippen molar-refractivity contribution in [3.05, 3.63) is 0 Å². The maximum Gasteiger partial charge on any atom is 0.187 e. The normalized spacial score (nSPS) is 54.6. The van der Waals surface area contributed by atoms with Crippen LogP contribution in [-0.2, 0) is 28.4 Å². The highest BCUT2D eigenvalue weighted by Gasteiger charge is 2.54. The summed E-state index contributed by atoms with van der Waals surface area (Å²) in [6.07, 6.45) is -16.8. The third kappa shape index (κ3) is 6.92. The van der Waals surface area contributed by atoms with Gasteiger partial charge in [0, 0.05) is 13.0 Å². The van der Waals surface area contributed by atoms with E-state index >= 15 is 0 Å². The average Bonchev–Trinajstić information content (AvgIpc) is 2.98. The first-order valence-corrected chi connectivity index (χ1v) is 15.3. The molecule has 3 saturated heterocycles. The molecule has 250 valence electrons. The summed E-state index contributed by atoms with van der Waals surface area (Å²) in [5, 5.41) is 94.1. The van der Waals surface area contributed by atoms with Gasteiger partial charge in [-0.3, -0.25) is 0 Å². The monoisotopic (exact) mass is 624 g/mol. The molecule has 0 aromatic heterocycles. The second-order valence-corrected chi connectivity index (χ2v) is 12.8. The van der Waals surface area contributed by atoms with Gasteiger partial charge in [-0.05, 0) is 51.4 Å². The van der Waals surface area contributed by atoms with E-state index in [9.17, 15) is 46.0 Å². The second kappa shape index (κ2) is 14.0. The van der Waals surface area contributed by atoms with Gasteiger partial charge in [-0.15, -0.1) is 0 Å². The molecule has 15 heteroatoms. The van der Waals surface area contributed by atoms with Gasteiger partial charge in [0.2, 0.25) is 0 Å². The lowest BCUT2D eigenvalue weighted by Crippen LogP contribution is -2.65. The molecule has 19 atom stereocenters. The first-order valence-electron chi connectivity index (χ1n) is 15.3. The third-order valence-corrected chi connectivity index (χ3v) is 9.99. The van der Waals surface area contributed by atoms with Crippen LogP contribution in [0.4, 0.5) is 0 Å². The van der Waals surface area contributed by atoms with E-state index in [0.29, 0.717) is 32.1 Å². The Morgan fingerprint density at radius 2 is 1.42 bits per heavy atom. The van der Waals surface area contributed by atoms with Crippen LogP contribution in [0.1, 0.15) is 45.4 Å². The Hall–Kier alpha value is -0.600. The zero-order valence-electron chi connectivity index (χ0n) is 24.4. The van der Waals surface area contributed by atoms with Crippen LogP contribution in [0, 0.1) is 11.8 Å². The lowest BCUT2D eigenvalue weighted by atomic mass is 9.72. The van der Waals surface area contributed by atoms with Gasteiger partial charge in [-0.25, -0.2) is 0 Å². The number of ether oxygens (including phenoxy) is 6. The van der Waals surface area contributed by atoms with Crippen molar-refractivity contribution in [3.63, 3.8) is 0 Å². The van der Waals surface area contributed by atoms with Crippen LogP contribution in [0.25, 0.3) is 0 Å². The number of methoxy groups -OCH3 is 1. The predicted molar refractivity (Wildman–Crippen MR) is 142 cm³/mol. The van der Waals surface area contributed by atoms with E-state index in [-0.39, 0.29) is 18.3 Å². The Kier molecular flexibility index (Phi) is 11.0. The van der Waals surface area contributed by atoms with Crippen molar-refractivity contribution >= 4 is 0 Å². The average molecular weight is 625 g/mol. The molecule has 3 heterocycles. The molecule has 3 aliphatic heterocycles. The van der Waals surface area contributed by atoms with Gasteiger partial charge in [0.05, 0.1) is 55.4 Å². The van der Waals surface area contributed by atoms with Crippen LogP contribution in [0.5, 0.6) is 0 Å². The highest BCUT2D eigenvalue weighted by molar-refractivity contribution is 4.99. The quantitative estimate of drug-likeness (QED) is 0.134. The minimum absolute atomic E-state index is 0.149. The summed E-state index contributed by atoms with van der Waals surface area (Å²) >= 11 is 0. The Morgan fingerprint density at radius 3 is 2.12 bits per heavy atom. The van der Waals surface area contributed by atoms with E-state index in [0.717, 1.165) is 0 Å². The Bertz CT molecular complexity index is 898. The smallest absolute Gasteiger partial charge is 0.187 e. The predicted octanol–water partition coefficient (Wildman–Crippen LogP) is -3.51. The van der Waals surface area contributed by atoms with Crippen molar-refractivity contribution in [1.29, 1.82) is 0 Å². The highest BCUT2D eigenvalue weighted by Crippen LogP contribution is 2.44. The second-order valence-electron chi connectivity index (χ2n) is 12.8. The standard InChI is InChI=1S/C28H48O15/c1-10-20(33)22(35)24(37)27(39-10)43-26-23(36)21(34)19(9-29)42-28(26)41-18-8-13-15(32)6-12(30)7-16(13)40-25(18)11-3-4-14(31)17(5-11)38-2/h10-37H,3-9H2,1-2H3. The van der Waals surface area contributed by atoms with E-state index in [1.807, 2.05) is 0 Å². The lowest BCUT2D eigenvalue weighted by Gasteiger charge is -2.52. The molecule has 0 aromatic carbocycles. The van der Waals surface area contributed by atoms with Crippen LogP contribution in [0.3, 0.4) is 0 Å². The number of fused-ring (bicyclic) bond motifs is 1. The molecule has 2 aliphatic carbocycles. The van der Waals surface area contributed by atoms with Gasteiger partial charge in [0.15, 0.2) is 12.6 Å². The summed E-state index contributed by atoms with van der Waals surface area (Å²) in [7, 11) is 1.52. The van der Waals surface area contributed by atoms with E-state index < -0.39 is 111 Å². The fraction of sp³-hybridized carbons (Fsp3) is 1.00. The summed E-state index contributed by atoms with van der Waals surface area (Å²) in [4.78, 5) is 0. The minimum Gasteiger partial charge on any atom is -0.394 e. The highest BCUT2D eigenvalue weighted by atomic mass is 16.8. The molecule has 2 saturated carbocycles. The van der Waals surface area contributed by atoms with Gasteiger partial charge in [-0.1, -0.05) is 0 Å². The van der Waals surface area contributed by atoms with Crippen LogP contribution in [0.15, 0.2) is 0 Å². The first-order chi connectivity index (χ1) is 20.4. The van der Waals surface area contributed by atoms with Crippen molar-refractivity contribution < 1.29 is 74.4 Å². The zero-order chi connectivity index (χ0) is 31.2. The Labute approximate surface area is 249 Å². The fourth-order valence-electron chi connectivity index (χ4n) is 7.40. The van der Waals surface area contributed by atoms with E-state index in [4.69, 9.17) is 28.4 Å². The molecule has 0 bridgehead atoms. The van der Waals surface area contributed by atoms with Crippen LogP contribution in [-0.4, -0.2) is 164 Å². The van der Waals surface area contributed by atoms with Crippen LogP contribution < -0.4 is 0 Å². The molecule has 15 nitrogen and oxygen atoms in total. The van der Waals surface area contributed by atoms with Crippen molar-refractivity contribution in [2.45, 2.75) is 150 Å². The molecule has 5 rings (SSSR count). The van der Waals surface area contributed by atoms with Gasteiger partial charge >= 0.3 is 0 Å². The fourth-order valence-corrected chi connectivity index (χ4v) is 7.40. The molecule has 0 radical (unpaired) electrons. The molecule has 43 heavy (non-hydrogen) atoms. The Morgan fingerprint density at radius 1 is 0.674 bits per heavy atom. The summed E-state index contributed by atoms with van der Waals surface area (Å²) in [6, 6.07) is 0. The largest absolute Gasteiger partial charge is 0.394 e. The first kappa shape index (κ1) is 33.8. The number of aliphatic hydroxyl groups is 9. The molecule has 0 amide bonds. The number of hydrogen-bond donors (Lipinski definition) is 9. The molecular weight excluding hydrogens is 576 g/mol. The molecule has 9 N–H and O–H groups in total. The van der Waals surface area contributed by atoms with Crippen molar-refractivity contribution in [3.8, 4) is 0 Å². The topological polar surface area (TPSA) is 237 Å². The van der Waals surface area contributed by atoms with Gasteiger partial charge in [-0.2, -0.15) is 0 Å². The Balaban J connectivity index is 1.40. The summed E-state index contributed by atoms with van der Waals surface area (Å²) < 4.78 is 35.8. The minimum atomic E-state index is -1.71. The summed E-state index contributed by atoms with van der Waals surface area (Å²) in [6.45, 7) is 0.812. The molecule has 0 aromatic rings. The van der Waals surface area contributed by atoms with Crippen molar-refractivity contribution in [2.75, 3.05) is 13.7 Å². The van der Waals surface area contributed by atoms with E-state index in [1.54, 1.807) is 0 Å². The van der Waals surface area contributed by atoms with E-state index in [2.05, 4.69) is 0 Å². The van der Waals surface area contributed by atoms with Crippen molar-refractivity contribution in [1.82, 2.24) is 0 Å². The molecule has 5 fully saturated rings. The molecular formula is C28H48O15. The molecule has 5 aliphatic rings. The zero-order valence-corrected chi connectivity index (χ0v) is 24.4. The van der Waals surface area contributed by atoms with E-state index in [1.165, 1.54) is 14.0 Å².